The molecule has 3 nitrogen and oxygen atoms in total. The standard InChI is InChI=1S/C13H18O3/c1-10-6-7-11(2)12(9-10)16-8-4-3-5-13(14)15/h6-7,9H,3-5,8H2,1-2H3,(H,14,15). The molecule has 0 bridgehead atoms. The summed E-state index contributed by atoms with van der Waals surface area (Å²) in [5, 5.41) is 8.47. The van der Waals surface area contributed by atoms with E-state index in [0.29, 0.717) is 13.0 Å². The van der Waals surface area contributed by atoms with E-state index < -0.39 is 5.97 Å². The molecular weight excluding hydrogens is 204 g/mol. The second-order valence-corrected chi connectivity index (χ2v) is 3.97. The van der Waals surface area contributed by atoms with Crippen molar-refractivity contribution < 1.29 is 14.6 Å². The van der Waals surface area contributed by atoms with Gasteiger partial charge in [-0.15, -0.1) is 0 Å². The van der Waals surface area contributed by atoms with E-state index in [4.69, 9.17) is 9.84 Å². The van der Waals surface area contributed by atoms with Gasteiger partial charge in [-0.25, -0.2) is 0 Å². The van der Waals surface area contributed by atoms with Crippen LogP contribution in [0.5, 0.6) is 5.75 Å². The monoisotopic (exact) mass is 222 g/mol. The summed E-state index contributed by atoms with van der Waals surface area (Å²) in [4.78, 5) is 10.3. The first-order chi connectivity index (χ1) is 7.59. The van der Waals surface area contributed by atoms with Crippen LogP contribution in [0.15, 0.2) is 18.2 Å². The lowest BCUT2D eigenvalue weighted by atomic mass is 10.1. The molecule has 1 aromatic carbocycles. The van der Waals surface area contributed by atoms with Crippen LogP contribution in [0, 0.1) is 13.8 Å². The van der Waals surface area contributed by atoms with E-state index in [1.54, 1.807) is 0 Å². The third-order valence-electron chi connectivity index (χ3n) is 2.39. The molecule has 0 aromatic heterocycles. The van der Waals surface area contributed by atoms with Crippen LogP contribution in [-0.4, -0.2) is 17.7 Å². The first kappa shape index (κ1) is 12.6. The summed E-state index contributed by atoms with van der Waals surface area (Å²) in [7, 11) is 0. The molecule has 0 saturated carbocycles. The maximum Gasteiger partial charge on any atom is 0.303 e. The third-order valence-corrected chi connectivity index (χ3v) is 2.39. The molecular formula is C13H18O3. The number of aryl methyl sites for hydroxylation is 2. The fraction of sp³-hybridized carbons (Fsp3) is 0.462. The molecule has 0 amide bonds. The second-order valence-electron chi connectivity index (χ2n) is 3.97. The number of carboxylic acids is 1. The summed E-state index contributed by atoms with van der Waals surface area (Å²) < 4.78 is 5.61. The first-order valence-corrected chi connectivity index (χ1v) is 5.51. The van der Waals surface area contributed by atoms with Gasteiger partial charge in [0.25, 0.3) is 0 Å². The van der Waals surface area contributed by atoms with E-state index in [1.807, 2.05) is 32.0 Å². The number of unbranched alkanes of at least 4 members (excludes halogenated alkanes) is 1. The van der Waals surface area contributed by atoms with E-state index in [9.17, 15) is 4.79 Å². The van der Waals surface area contributed by atoms with E-state index in [2.05, 4.69) is 0 Å². The minimum Gasteiger partial charge on any atom is -0.493 e. The number of rotatable bonds is 6. The van der Waals surface area contributed by atoms with Crippen molar-refractivity contribution in [2.45, 2.75) is 33.1 Å². The molecule has 0 aliphatic heterocycles. The van der Waals surface area contributed by atoms with Gasteiger partial charge in [0, 0.05) is 6.42 Å². The highest BCUT2D eigenvalue weighted by molar-refractivity contribution is 5.66. The van der Waals surface area contributed by atoms with Crippen molar-refractivity contribution in [2.75, 3.05) is 6.61 Å². The van der Waals surface area contributed by atoms with Crippen molar-refractivity contribution >= 4 is 5.97 Å². The molecule has 88 valence electrons. The molecule has 16 heavy (non-hydrogen) atoms. The maximum absolute atomic E-state index is 10.3. The summed E-state index contributed by atoms with van der Waals surface area (Å²) in [5.41, 5.74) is 2.29. The highest BCUT2D eigenvalue weighted by atomic mass is 16.5. The molecule has 0 unspecified atom stereocenters. The predicted molar refractivity (Wildman–Crippen MR) is 62.9 cm³/mol. The smallest absolute Gasteiger partial charge is 0.303 e. The average Bonchev–Trinajstić information content (AvgIpc) is 2.22. The van der Waals surface area contributed by atoms with Crippen molar-refractivity contribution in [1.29, 1.82) is 0 Å². The van der Waals surface area contributed by atoms with Crippen LogP contribution >= 0.6 is 0 Å². The molecule has 0 radical (unpaired) electrons. The van der Waals surface area contributed by atoms with Gasteiger partial charge in [-0.3, -0.25) is 4.79 Å². The minimum absolute atomic E-state index is 0.218. The Bertz CT molecular complexity index is 358. The van der Waals surface area contributed by atoms with Crippen molar-refractivity contribution in [3.8, 4) is 5.75 Å². The summed E-state index contributed by atoms with van der Waals surface area (Å²) in [6.45, 7) is 4.61. The van der Waals surface area contributed by atoms with Crippen LogP contribution in [0.2, 0.25) is 0 Å². The molecule has 0 saturated heterocycles. The molecule has 0 fully saturated rings. The average molecular weight is 222 g/mol. The predicted octanol–water partition coefficient (Wildman–Crippen LogP) is 2.94. The number of benzene rings is 1. The van der Waals surface area contributed by atoms with Gasteiger partial charge in [-0.1, -0.05) is 12.1 Å². The molecule has 0 aliphatic carbocycles. The zero-order valence-corrected chi connectivity index (χ0v) is 9.82. The third kappa shape index (κ3) is 4.34. The summed E-state index contributed by atoms with van der Waals surface area (Å²) in [6, 6.07) is 6.08. The maximum atomic E-state index is 10.3. The molecule has 3 heteroatoms. The molecule has 0 spiro atoms. The second kappa shape index (κ2) is 6.16. The Morgan fingerprint density at radius 1 is 1.31 bits per heavy atom. The van der Waals surface area contributed by atoms with E-state index in [0.717, 1.165) is 17.7 Å². The summed E-state index contributed by atoms with van der Waals surface area (Å²) in [5.74, 6) is 0.155. The van der Waals surface area contributed by atoms with Gasteiger partial charge >= 0.3 is 5.97 Å². The van der Waals surface area contributed by atoms with E-state index in [-0.39, 0.29) is 6.42 Å². The normalized spacial score (nSPS) is 10.1. The molecule has 1 aromatic rings. The van der Waals surface area contributed by atoms with Gasteiger partial charge < -0.3 is 9.84 Å². The van der Waals surface area contributed by atoms with Crippen LogP contribution < -0.4 is 4.74 Å². The van der Waals surface area contributed by atoms with Crippen molar-refractivity contribution in [3.05, 3.63) is 29.3 Å². The van der Waals surface area contributed by atoms with Crippen LogP contribution in [0.3, 0.4) is 0 Å². The zero-order valence-electron chi connectivity index (χ0n) is 9.82. The summed E-state index contributed by atoms with van der Waals surface area (Å²) in [6.07, 6.45) is 1.66. The van der Waals surface area contributed by atoms with Crippen LogP contribution in [0.1, 0.15) is 30.4 Å². The van der Waals surface area contributed by atoms with Crippen LogP contribution in [0.25, 0.3) is 0 Å². The minimum atomic E-state index is -0.744. The molecule has 1 N–H and O–H groups in total. The highest BCUT2D eigenvalue weighted by Gasteiger charge is 2.00. The fourth-order valence-corrected chi connectivity index (χ4v) is 1.42. The number of ether oxygens (including phenoxy) is 1. The number of carboxylic acid groups (broad SMARTS) is 1. The lowest BCUT2D eigenvalue weighted by Gasteiger charge is -2.09. The van der Waals surface area contributed by atoms with Crippen molar-refractivity contribution in [2.24, 2.45) is 0 Å². The Balaban J connectivity index is 2.31. The van der Waals surface area contributed by atoms with Gasteiger partial charge in [-0.2, -0.15) is 0 Å². The van der Waals surface area contributed by atoms with Gasteiger partial charge in [0.2, 0.25) is 0 Å². The molecule has 0 atom stereocenters. The lowest BCUT2D eigenvalue weighted by Crippen LogP contribution is -2.01. The Morgan fingerprint density at radius 3 is 2.75 bits per heavy atom. The number of hydrogen-bond donors (Lipinski definition) is 1. The van der Waals surface area contributed by atoms with E-state index >= 15 is 0 Å². The SMILES string of the molecule is Cc1ccc(C)c(OCCCCC(=O)O)c1. The van der Waals surface area contributed by atoms with Gasteiger partial charge in [0.15, 0.2) is 0 Å². The Morgan fingerprint density at radius 2 is 2.06 bits per heavy atom. The van der Waals surface area contributed by atoms with Gasteiger partial charge in [0.05, 0.1) is 6.61 Å². The van der Waals surface area contributed by atoms with E-state index in [1.165, 1.54) is 5.56 Å². The fourth-order valence-electron chi connectivity index (χ4n) is 1.42. The molecule has 0 heterocycles. The number of hydrogen-bond acceptors (Lipinski definition) is 2. The highest BCUT2D eigenvalue weighted by Crippen LogP contribution is 2.19. The largest absolute Gasteiger partial charge is 0.493 e. The Labute approximate surface area is 96.1 Å². The molecule has 1 rings (SSSR count). The van der Waals surface area contributed by atoms with Gasteiger partial charge in [0.1, 0.15) is 5.75 Å². The molecule has 0 aliphatic rings. The number of aliphatic carboxylic acids is 1. The quantitative estimate of drug-likeness (QED) is 0.753. The summed E-state index contributed by atoms with van der Waals surface area (Å²) >= 11 is 0. The van der Waals surface area contributed by atoms with Crippen molar-refractivity contribution in [3.63, 3.8) is 0 Å². The van der Waals surface area contributed by atoms with Crippen LogP contribution in [-0.2, 0) is 4.79 Å². The topological polar surface area (TPSA) is 46.5 Å². The number of carbonyl (C=O) groups is 1. The Kier molecular flexibility index (Phi) is 4.83. The lowest BCUT2D eigenvalue weighted by molar-refractivity contribution is -0.137. The van der Waals surface area contributed by atoms with Gasteiger partial charge in [-0.05, 0) is 43.9 Å². The zero-order chi connectivity index (χ0) is 12.0. The van der Waals surface area contributed by atoms with Crippen LogP contribution in [0.4, 0.5) is 0 Å². The van der Waals surface area contributed by atoms with Crippen molar-refractivity contribution in [1.82, 2.24) is 0 Å². The Hall–Kier alpha value is -1.51. The first-order valence-electron chi connectivity index (χ1n) is 5.51.